The summed E-state index contributed by atoms with van der Waals surface area (Å²) in [4.78, 5) is 11.7. The van der Waals surface area contributed by atoms with Crippen molar-refractivity contribution < 1.29 is 14.0 Å². The summed E-state index contributed by atoms with van der Waals surface area (Å²) in [6, 6.07) is 0. The maximum Gasteiger partial charge on any atom is 0.307 e. The highest BCUT2D eigenvalue weighted by molar-refractivity contribution is 6.77. The molecule has 0 aliphatic carbocycles. The number of carbonyl (C=O) groups excluding carboxylic acids is 1. The first-order chi connectivity index (χ1) is 9.14. The minimum atomic E-state index is -1.92. The van der Waals surface area contributed by atoms with Gasteiger partial charge < -0.3 is 9.16 Å². The van der Waals surface area contributed by atoms with Crippen LogP contribution in [0.4, 0.5) is 0 Å². The van der Waals surface area contributed by atoms with Crippen molar-refractivity contribution >= 4 is 14.3 Å². The van der Waals surface area contributed by atoms with E-state index < -0.39 is 8.32 Å². The first-order valence-corrected chi connectivity index (χ1v) is 10.1. The van der Waals surface area contributed by atoms with Crippen LogP contribution in [0.15, 0.2) is 0 Å². The van der Waals surface area contributed by atoms with Crippen molar-refractivity contribution in [1.29, 1.82) is 0 Å². The number of hydrogen-bond acceptors (Lipinski definition) is 3. The van der Waals surface area contributed by atoms with Crippen LogP contribution in [0.5, 0.6) is 0 Å². The summed E-state index contributed by atoms with van der Waals surface area (Å²) >= 11 is 0. The predicted molar refractivity (Wildman–Crippen MR) is 87.2 cm³/mol. The predicted octanol–water partition coefficient (Wildman–Crippen LogP) is 5.12. The van der Waals surface area contributed by atoms with E-state index in [1.54, 1.807) is 0 Å². The van der Waals surface area contributed by atoms with Gasteiger partial charge in [-0.1, -0.05) is 55.4 Å². The quantitative estimate of drug-likeness (QED) is 0.337. The van der Waals surface area contributed by atoms with Gasteiger partial charge in [-0.05, 0) is 29.0 Å². The Balaban J connectivity index is 4.46. The second-order valence-electron chi connectivity index (χ2n) is 7.03. The van der Waals surface area contributed by atoms with E-state index in [1.807, 2.05) is 0 Å². The Labute approximate surface area is 126 Å². The van der Waals surface area contributed by atoms with E-state index in [1.165, 1.54) is 0 Å². The summed E-state index contributed by atoms with van der Waals surface area (Å²) in [5, 5.41) is 0. The molecule has 0 fully saturated rings. The third-order valence-corrected chi connectivity index (χ3v) is 10.2. The summed E-state index contributed by atoms with van der Waals surface area (Å²) in [6.45, 7) is 17.7. The lowest BCUT2D eigenvalue weighted by Crippen LogP contribution is -2.48. The molecule has 20 heavy (non-hydrogen) atoms. The van der Waals surface area contributed by atoms with Gasteiger partial charge in [0.15, 0.2) is 6.79 Å². The van der Waals surface area contributed by atoms with E-state index in [9.17, 15) is 4.79 Å². The SMILES string of the molecule is CC(C)CCC(=O)OCO[Si](C(C)C)(C(C)C)C(C)C. The molecule has 0 amide bonds. The topological polar surface area (TPSA) is 35.5 Å². The van der Waals surface area contributed by atoms with Crippen LogP contribution in [0.3, 0.4) is 0 Å². The maximum atomic E-state index is 11.7. The highest BCUT2D eigenvalue weighted by Crippen LogP contribution is 2.42. The fourth-order valence-corrected chi connectivity index (χ4v) is 8.44. The molecule has 3 nitrogen and oxygen atoms in total. The minimum Gasteiger partial charge on any atom is -0.439 e. The van der Waals surface area contributed by atoms with Gasteiger partial charge in [0, 0.05) is 6.42 Å². The zero-order valence-electron chi connectivity index (χ0n) is 14.7. The molecule has 0 unspecified atom stereocenters. The van der Waals surface area contributed by atoms with Crippen molar-refractivity contribution in [2.45, 2.75) is 84.9 Å². The lowest BCUT2D eigenvalue weighted by atomic mass is 10.1. The standard InChI is InChI=1S/C16H34O3Si/c1-12(2)9-10-16(17)18-11-19-20(13(3)4,14(5)6)15(7)8/h12-15H,9-11H2,1-8H3. The number of esters is 1. The fraction of sp³-hybridized carbons (Fsp3) is 0.938. The molecule has 0 rings (SSSR count). The molecule has 0 aromatic carbocycles. The van der Waals surface area contributed by atoms with Crippen LogP contribution in [-0.2, 0) is 14.0 Å². The van der Waals surface area contributed by atoms with Gasteiger partial charge in [0.2, 0.25) is 8.32 Å². The lowest BCUT2D eigenvalue weighted by Gasteiger charge is -2.41. The van der Waals surface area contributed by atoms with Gasteiger partial charge in [0.1, 0.15) is 0 Å². The molecule has 0 aliphatic rings. The molecule has 0 atom stereocenters. The third kappa shape index (κ3) is 5.56. The molecule has 0 heterocycles. The van der Waals surface area contributed by atoms with Crippen molar-refractivity contribution in [3.63, 3.8) is 0 Å². The van der Waals surface area contributed by atoms with Crippen LogP contribution in [0.25, 0.3) is 0 Å². The molecule has 0 spiro atoms. The first kappa shape index (κ1) is 19.6. The highest BCUT2D eigenvalue weighted by atomic mass is 28.4. The van der Waals surface area contributed by atoms with Crippen molar-refractivity contribution in [3.05, 3.63) is 0 Å². The Morgan fingerprint density at radius 1 is 0.900 bits per heavy atom. The molecule has 0 radical (unpaired) electrons. The Kier molecular flexibility index (Phi) is 8.67. The van der Waals surface area contributed by atoms with Crippen molar-refractivity contribution in [2.75, 3.05) is 6.79 Å². The summed E-state index contributed by atoms with van der Waals surface area (Å²) in [7, 11) is -1.92. The van der Waals surface area contributed by atoms with E-state index >= 15 is 0 Å². The van der Waals surface area contributed by atoms with Crippen LogP contribution < -0.4 is 0 Å². The Bertz CT molecular complexity index is 264. The molecule has 0 aliphatic heterocycles. The van der Waals surface area contributed by atoms with E-state index in [0.717, 1.165) is 6.42 Å². The van der Waals surface area contributed by atoms with Gasteiger partial charge in [0.25, 0.3) is 0 Å². The molecular formula is C16H34O3Si. The normalized spacial score (nSPS) is 12.8. The maximum absolute atomic E-state index is 11.7. The molecule has 0 saturated heterocycles. The Morgan fingerprint density at radius 3 is 1.70 bits per heavy atom. The zero-order valence-corrected chi connectivity index (χ0v) is 15.7. The molecule has 0 bridgehead atoms. The largest absolute Gasteiger partial charge is 0.439 e. The molecule has 0 aromatic rings. The van der Waals surface area contributed by atoms with Crippen LogP contribution in [0.1, 0.15) is 68.2 Å². The van der Waals surface area contributed by atoms with E-state index in [2.05, 4.69) is 55.4 Å². The van der Waals surface area contributed by atoms with E-state index in [0.29, 0.717) is 29.0 Å². The highest BCUT2D eigenvalue weighted by Gasteiger charge is 2.45. The van der Waals surface area contributed by atoms with Gasteiger partial charge in [0.05, 0.1) is 0 Å². The average Bonchev–Trinajstić information content (AvgIpc) is 2.30. The molecule has 0 aromatic heterocycles. The number of hydrogen-bond donors (Lipinski definition) is 0. The van der Waals surface area contributed by atoms with E-state index in [4.69, 9.17) is 9.16 Å². The zero-order chi connectivity index (χ0) is 15.9. The van der Waals surface area contributed by atoms with Crippen LogP contribution in [0.2, 0.25) is 16.6 Å². The second kappa shape index (κ2) is 8.83. The smallest absolute Gasteiger partial charge is 0.307 e. The summed E-state index contributed by atoms with van der Waals surface area (Å²) in [5.74, 6) is 0.386. The number of ether oxygens (including phenoxy) is 1. The van der Waals surface area contributed by atoms with Crippen molar-refractivity contribution in [3.8, 4) is 0 Å². The van der Waals surface area contributed by atoms with E-state index in [-0.39, 0.29) is 12.8 Å². The Hall–Kier alpha value is -0.353. The lowest BCUT2D eigenvalue weighted by molar-refractivity contribution is -0.151. The molecule has 120 valence electrons. The molecule has 0 N–H and O–H groups in total. The Morgan fingerprint density at radius 2 is 1.35 bits per heavy atom. The van der Waals surface area contributed by atoms with Crippen LogP contribution in [-0.4, -0.2) is 21.1 Å². The molecular weight excluding hydrogens is 268 g/mol. The van der Waals surface area contributed by atoms with Gasteiger partial charge in [-0.3, -0.25) is 4.79 Å². The molecule has 0 saturated carbocycles. The summed E-state index contributed by atoms with van der Waals surface area (Å²) < 4.78 is 11.5. The van der Waals surface area contributed by atoms with Crippen molar-refractivity contribution in [1.82, 2.24) is 0 Å². The monoisotopic (exact) mass is 302 g/mol. The first-order valence-electron chi connectivity index (χ1n) is 7.94. The van der Waals surface area contributed by atoms with Gasteiger partial charge in [-0.2, -0.15) is 0 Å². The molecule has 4 heteroatoms. The summed E-state index contributed by atoms with van der Waals surface area (Å²) in [6.07, 6.45) is 1.36. The van der Waals surface area contributed by atoms with Crippen LogP contribution in [0, 0.1) is 5.92 Å². The number of rotatable bonds is 9. The third-order valence-electron chi connectivity index (χ3n) is 4.16. The van der Waals surface area contributed by atoms with Crippen molar-refractivity contribution in [2.24, 2.45) is 5.92 Å². The summed E-state index contributed by atoms with van der Waals surface area (Å²) in [5.41, 5.74) is 1.53. The number of carbonyl (C=O) groups is 1. The van der Waals surface area contributed by atoms with Crippen LogP contribution >= 0.6 is 0 Å². The van der Waals surface area contributed by atoms with Gasteiger partial charge >= 0.3 is 5.97 Å². The van der Waals surface area contributed by atoms with Gasteiger partial charge in [-0.15, -0.1) is 0 Å². The average molecular weight is 303 g/mol. The second-order valence-corrected chi connectivity index (χ2v) is 12.5. The van der Waals surface area contributed by atoms with Gasteiger partial charge in [-0.25, -0.2) is 0 Å². The minimum absolute atomic E-state index is 0.123. The fourth-order valence-electron chi connectivity index (χ4n) is 3.18.